The van der Waals surface area contributed by atoms with E-state index in [9.17, 15) is 26.7 Å². The Morgan fingerprint density at radius 1 is 0.921 bits per heavy atom. The lowest BCUT2D eigenvalue weighted by Gasteiger charge is -2.42. The first-order chi connectivity index (χ1) is 17.7. The van der Waals surface area contributed by atoms with Gasteiger partial charge in [0.25, 0.3) is 5.91 Å². The average Bonchev–Trinajstić information content (AvgIpc) is 3.53. The number of hydrogen-bond acceptors (Lipinski definition) is 6. The van der Waals surface area contributed by atoms with Gasteiger partial charge < -0.3 is 10.0 Å². The minimum Gasteiger partial charge on any atom is -0.387 e. The standard InChI is InChI=1S/C27H33N3O6S2/c1-25(32)16-29(17-25)38(35,36)21-5-3-4-19(14-21)24(31)30-18-27(12-10-26(8-9-26)11-13-27)22-15-20(6-7-23(22)30)28-37(2,33)34/h3-7,14-15,28,32H,8-13,16-18H2,1-2H3. The Bertz CT molecular complexity index is 1530. The van der Waals surface area contributed by atoms with Gasteiger partial charge in [-0.2, -0.15) is 4.31 Å². The van der Waals surface area contributed by atoms with Crippen LogP contribution in [-0.4, -0.2) is 63.6 Å². The number of nitrogens with zero attached hydrogens (tertiary/aromatic N) is 2. The summed E-state index contributed by atoms with van der Waals surface area (Å²) in [7, 11) is -7.29. The van der Waals surface area contributed by atoms with Gasteiger partial charge in [0.15, 0.2) is 0 Å². The topological polar surface area (TPSA) is 124 Å². The second kappa shape index (κ2) is 8.27. The number of fused-ring (bicyclic) bond motifs is 2. The van der Waals surface area contributed by atoms with Crippen LogP contribution >= 0.6 is 0 Å². The van der Waals surface area contributed by atoms with Gasteiger partial charge in [0.2, 0.25) is 20.0 Å². The molecule has 0 bridgehead atoms. The van der Waals surface area contributed by atoms with Crippen molar-refractivity contribution in [1.82, 2.24) is 4.31 Å². The predicted molar refractivity (Wildman–Crippen MR) is 144 cm³/mol. The SMILES string of the molecule is CC1(O)CN(S(=O)(=O)c2cccc(C(=O)N3CC4(CCC5(CC5)CC4)c4cc(NS(C)(=O)=O)ccc43)c2)C1. The first kappa shape index (κ1) is 25.8. The van der Waals surface area contributed by atoms with Gasteiger partial charge >= 0.3 is 0 Å². The van der Waals surface area contributed by atoms with E-state index in [1.165, 1.54) is 29.3 Å². The van der Waals surface area contributed by atoms with E-state index in [1.807, 2.05) is 6.07 Å². The molecule has 6 rings (SSSR count). The number of nitrogens with one attached hydrogen (secondary N) is 1. The van der Waals surface area contributed by atoms with Crippen molar-refractivity contribution < 1.29 is 26.7 Å². The third-order valence-electron chi connectivity index (χ3n) is 8.85. The highest BCUT2D eigenvalue weighted by Crippen LogP contribution is 2.62. The summed E-state index contributed by atoms with van der Waals surface area (Å²) in [6.45, 7) is 2.10. The fourth-order valence-corrected chi connectivity index (χ4v) is 8.74. The van der Waals surface area contributed by atoms with Crippen LogP contribution in [-0.2, 0) is 25.5 Å². The van der Waals surface area contributed by atoms with Crippen LogP contribution in [0.2, 0.25) is 0 Å². The van der Waals surface area contributed by atoms with Crippen molar-refractivity contribution in [3.05, 3.63) is 53.6 Å². The smallest absolute Gasteiger partial charge is 0.258 e. The summed E-state index contributed by atoms with van der Waals surface area (Å²) in [5, 5.41) is 10.0. The van der Waals surface area contributed by atoms with E-state index in [2.05, 4.69) is 4.72 Å². The number of aliphatic hydroxyl groups is 1. The lowest BCUT2D eigenvalue weighted by Crippen LogP contribution is -2.61. The van der Waals surface area contributed by atoms with Gasteiger partial charge in [0, 0.05) is 42.0 Å². The summed E-state index contributed by atoms with van der Waals surface area (Å²) >= 11 is 0. The third-order valence-corrected chi connectivity index (χ3v) is 11.2. The molecule has 38 heavy (non-hydrogen) atoms. The van der Waals surface area contributed by atoms with Crippen molar-refractivity contribution >= 4 is 37.3 Å². The number of anilines is 2. The van der Waals surface area contributed by atoms with Crippen molar-refractivity contribution in [3.8, 4) is 0 Å². The Labute approximate surface area is 223 Å². The minimum atomic E-state index is -3.83. The zero-order valence-electron chi connectivity index (χ0n) is 21.6. The third kappa shape index (κ3) is 4.43. The maximum atomic E-state index is 13.9. The number of carbonyl (C=O) groups is 1. The Balaban J connectivity index is 1.33. The molecule has 2 heterocycles. The number of rotatable bonds is 5. The van der Waals surface area contributed by atoms with E-state index in [-0.39, 0.29) is 34.9 Å². The molecule has 0 radical (unpaired) electrons. The van der Waals surface area contributed by atoms with Gasteiger partial charge in [-0.15, -0.1) is 0 Å². The number of carbonyl (C=O) groups excluding carboxylic acids is 1. The Morgan fingerprint density at radius 2 is 1.58 bits per heavy atom. The zero-order chi connectivity index (χ0) is 27.1. The molecule has 1 saturated heterocycles. The van der Waals surface area contributed by atoms with Crippen LogP contribution in [0.5, 0.6) is 0 Å². The largest absolute Gasteiger partial charge is 0.387 e. The molecular weight excluding hydrogens is 526 g/mol. The van der Waals surface area contributed by atoms with Crippen molar-refractivity contribution in [1.29, 1.82) is 0 Å². The number of hydrogen-bond donors (Lipinski definition) is 2. The first-order valence-corrected chi connectivity index (χ1v) is 16.3. The molecular formula is C27H33N3O6S2. The van der Waals surface area contributed by atoms with Crippen molar-refractivity contribution in [3.63, 3.8) is 0 Å². The molecule has 2 aliphatic heterocycles. The van der Waals surface area contributed by atoms with E-state index < -0.39 is 25.6 Å². The summed E-state index contributed by atoms with van der Waals surface area (Å²) in [6.07, 6.45) is 7.65. The van der Waals surface area contributed by atoms with Gasteiger partial charge in [-0.3, -0.25) is 9.52 Å². The van der Waals surface area contributed by atoms with Gasteiger partial charge in [-0.25, -0.2) is 16.8 Å². The predicted octanol–water partition coefficient (Wildman–Crippen LogP) is 3.07. The summed E-state index contributed by atoms with van der Waals surface area (Å²) in [5.41, 5.74) is 1.60. The van der Waals surface area contributed by atoms with Crippen LogP contribution in [0.1, 0.15) is 61.4 Å². The highest BCUT2D eigenvalue weighted by atomic mass is 32.2. The normalized spacial score (nSPS) is 23.2. The molecule has 1 amide bonds. The van der Waals surface area contributed by atoms with Gasteiger partial charge in [-0.1, -0.05) is 6.07 Å². The van der Waals surface area contributed by atoms with Crippen molar-refractivity contribution in [2.45, 2.75) is 61.4 Å². The molecule has 0 aromatic heterocycles. The van der Waals surface area contributed by atoms with Crippen molar-refractivity contribution in [2.75, 3.05) is 35.5 Å². The van der Waals surface area contributed by atoms with E-state index in [1.54, 1.807) is 36.1 Å². The van der Waals surface area contributed by atoms with E-state index in [0.29, 0.717) is 17.6 Å². The molecule has 11 heteroatoms. The van der Waals surface area contributed by atoms with E-state index in [0.717, 1.165) is 43.2 Å². The summed E-state index contributed by atoms with van der Waals surface area (Å²) < 4.78 is 53.8. The fourth-order valence-electron chi connectivity index (χ4n) is 6.47. The second-order valence-electron chi connectivity index (χ2n) is 12.1. The van der Waals surface area contributed by atoms with E-state index >= 15 is 0 Å². The number of sulfonamides is 2. The van der Waals surface area contributed by atoms with Crippen LogP contribution in [0.15, 0.2) is 47.4 Å². The van der Waals surface area contributed by atoms with Crippen LogP contribution in [0.25, 0.3) is 0 Å². The molecule has 2 spiro atoms. The molecule has 3 fully saturated rings. The molecule has 4 aliphatic rings. The van der Waals surface area contributed by atoms with Crippen LogP contribution in [0.3, 0.4) is 0 Å². The maximum absolute atomic E-state index is 13.9. The van der Waals surface area contributed by atoms with Crippen LogP contribution in [0, 0.1) is 5.41 Å². The minimum absolute atomic E-state index is 0.0147. The highest BCUT2D eigenvalue weighted by molar-refractivity contribution is 7.92. The van der Waals surface area contributed by atoms with E-state index in [4.69, 9.17) is 0 Å². The number of β-amino-alcohol motifs (C(OH)–C–C–N with tert-alkyl or cyclic N) is 1. The molecule has 2 aromatic carbocycles. The van der Waals surface area contributed by atoms with Crippen LogP contribution < -0.4 is 9.62 Å². The quantitative estimate of drug-likeness (QED) is 0.580. The average molecular weight is 560 g/mol. The van der Waals surface area contributed by atoms with Crippen molar-refractivity contribution in [2.24, 2.45) is 5.41 Å². The fraction of sp³-hybridized carbons (Fsp3) is 0.519. The maximum Gasteiger partial charge on any atom is 0.258 e. The molecule has 2 N–H and O–H groups in total. The van der Waals surface area contributed by atoms with Gasteiger partial charge in [0.05, 0.1) is 16.8 Å². The molecule has 9 nitrogen and oxygen atoms in total. The Kier molecular flexibility index (Phi) is 5.61. The lowest BCUT2D eigenvalue weighted by atomic mass is 9.66. The first-order valence-electron chi connectivity index (χ1n) is 13.0. The molecule has 2 aliphatic carbocycles. The second-order valence-corrected chi connectivity index (χ2v) is 15.8. The molecule has 2 saturated carbocycles. The highest BCUT2D eigenvalue weighted by Gasteiger charge is 2.53. The number of benzene rings is 2. The Morgan fingerprint density at radius 3 is 2.18 bits per heavy atom. The number of amides is 1. The summed E-state index contributed by atoms with van der Waals surface area (Å²) in [4.78, 5) is 15.6. The summed E-state index contributed by atoms with van der Waals surface area (Å²) in [6, 6.07) is 11.4. The molecule has 204 valence electrons. The molecule has 0 unspecified atom stereocenters. The zero-order valence-corrected chi connectivity index (χ0v) is 23.2. The summed E-state index contributed by atoms with van der Waals surface area (Å²) in [5.74, 6) is -0.286. The Hall–Kier alpha value is -2.47. The molecule has 2 aromatic rings. The van der Waals surface area contributed by atoms with Gasteiger partial charge in [-0.05, 0) is 92.8 Å². The van der Waals surface area contributed by atoms with Gasteiger partial charge in [0.1, 0.15) is 0 Å². The monoisotopic (exact) mass is 559 g/mol. The van der Waals surface area contributed by atoms with Crippen LogP contribution in [0.4, 0.5) is 11.4 Å². The lowest BCUT2D eigenvalue weighted by molar-refractivity contribution is -0.0426. The molecule has 0 atom stereocenters.